The molecule has 0 aliphatic carbocycles. The number of nitro benzene ring substituents is 1. The second kappa shape index (κ2) is 5.67. The van der Waals surface area contributed by atoms with Crippen molar-refractivity contribution in [3.05, 3.63) is 63.4 Å². The Balaban J connectivity index is 2.26. The minimum Gasteiger partial charge on any atom is -0.373 e. The van der Waals surface area contributed by atoms with Crippen molar-refractivity contribution in [3.8, 4) is 0 Å². The summed E-state index contributed by atoms with van der Waals surface area (Å²) in [5, 5.41) is 14.4. The monoisotopic (exact) mass is 277 g/mol. The predicted octanol–water partition coefficient (Wildman–Crippen LogP) is 3.82. The zero-order valence-electron chi connectivity index (χ0n) is 10.2. The van der Waals surface area contributed by atoms with E-state index in [0.717, 1.165) is 5.56 Å². The van der Waals surface area contributed by atoms with Crippen LogP contribution < -0.4 is 5.32 Å². The first-order chi connectivity index (χ1) is 9.08. The molecule has 6 heteroatoms. The molecule has 0 bridgehead atoms. The molecular formula is C13H12ClN3O2. The molecule has 0 spiro atoms. The van der Waals surface area contributed by atoms with Gasteiger partial charge in [0.15, 0.2) is 0 Å². The van der Waals surface area contributed by atoms with Crippen LogP contribution in [0.1, 0.15) is 18.5 Å². The Bertz CT molecular complexity index is 590. The number of anilines is 1. The molecule has 0 aliphatic heterocycles. The molecule has 1 heterocycles. The molecule has 2 rings (SSSR count). The minimum atomic E-state index is -0.454. The second-order valence-corrected chi connectivity index (χ2v) is 4.51. The van der Waals surface area contributed by atoms with Gasteiger partial charge in [-0.05, 0) is 30.7 Å². The number of nitro groups is 1. The molecule has 0 aliphatic rings. The molecule has 2 aromatic rings. The molecule has 1 aromatic heterocycles. The maximum Gasteiger partial charge on any atom is 0.293 e. The average Bonchev–Trinajstić information content (AvgIpc) is 2.41. The number of rotatable bonds is 4. The Morgan fingerprint density at radius 3 is 2.84 bits per heavy atom. The summed E-state index contributed by atoms with van der Waals surface area (Å²) >= 11 is 5.77. The largest absolute Gasteiger partial charge is 0.373 e. The first-order valence-corrected chi connectivity index (χ1v) is 6.06. The number of hydrogen-bond donors (Lipinski definition) is 1. The third-order valence-corrected chi connectivity index (χ3v) is 2.95. The molecule has 19 heavy (non-hydrogen) atoms. The van der Waals surface area contributed by atoms with Gasteiger partial charge in [-0.2, -0.15) is 0 Å². The molecule has 1 aromatic carbocycles. The van der Waals surface area contributed by atoms with Gasteiger partial charge < -0.3 is 5.32 Å². The Kier molecular flexibility index (Phi) is 3.97. The molecule has 1 unspecified atom stereocenters. The molecule has 1 N–H and O–H groups in total. The van der Waals surface area contributed by atoms with Crippen molar-refractivity contribution in [2.24, 2.45) is 0 Å². The van der Waals surface area contributed by atoms with Crippen molar-refractivity contribution in [3.63, 3.8) is 0 Å². The van der Waals surface area contributed by atoms with E-state index in [4.69, 9.17) is 11.6 Å². The van der Waals surface area contributed by atoms with Crippen molar-refractivity contribution in [2.45, 2.75) is 13.0 Å². The molecule has 0 fully saturated rings. The first-order valence-electron chi connectivity index (χ1n) is 5.68. The molecule has 98 valence electrons. The number of pyridine rings is 1. The van der Waals surface area contributed by atoms with Crippen LogP contribution in [-0.2, 0) is 0 Å². The van der Waals surface area contributed by atoms with E-state index in [-0.39, 0.29) is 11.7 Å². The number of nitrogens with one attached hydrogen (secondary N) is 1. The third-order valence-electron chi connectivity index (χ3n) is 2.71. The van der Waals surface area contributed by atoms with Crippen molar-refractivity contribution in [1.29, 1.82) is 0 Å². The quantitative estimate of drug-likeness (QED) is 0.681. The average molecular weight is 278 g/mol. The summed E-state index contributed by atoms with van der Waals surface area (Å²) < 4.78 is 0. The van der Waals surface area contributed by atoms with Crippen LogP contribution in [0.5, 0.6) is 0 Å². The molecule has 0 saturated carbocycles. The third kappa shape index (κ3) is 3.20. The van der Waals surface area contributed by atoms with E-state index in [0.29, 0.717) is 10.7 Å². The molecular weight excluding hydrogens is 266 g/mol. The molecule has 5 nitrogen and oxygen atoms in total. The molecule has 0 amide bonds. The summed E-state index contributed by atoms with van der Waals surface area (Å²) in [6.45, 7) is 1.91. The Morgan fingerprint density at radius 1 is 1.42 bits per heavy atom. The van der Waals surface area contributed by atoms with Gasteiger partial charge >= 0.3 is 0 Å². The van der Waals surface area contributed by atoms with Gasteiger partial charge in [-0.3, -0.25) is 15.1 Å². The van der Waals surface area contributed by atoms with Gasteiger partial charge in [-0.1, -0.05) is 17.7 Å². The standard InChI is InChI=1S/C13H12ClN3O2/c1-9(10-3-2-6-15-8-10)16-12-5-4-11(14)7-13(12)17(18)19/h2-9,16H,1H3. The SMILES string of the molecule is CC(Nc1ccc(Cl)cc1[N+](=O)[O-])c1cccnc1. The van der Waals surface area contributed by atoms with Gasteiger partial charge in [-0.15, -0.1) is 0 Å². The topological polar surface area (TPSA) is 68.1 Å². The summed E-state index contributed by atoms with van der Waals surface area (Å²) in [4.78, 5) is 14.6. The minimum absolute atomic E-state index is 0.0387. The fraction of sp³-hybridized carbons (Fsp3) is 0.154. The van der Waals surface area contributed by atoms with E-state index in [2.05, 4.69) is 10.3 Å². The fourth-order valence-corrected chi connectivity index (χ4v) is 1.89. The highest BCUT2D eigenvalue weighted by Crippen LogP contribution is 2.30. The Hall–Kier alpha value is -2.14. The van der Waals surface area contributed by atoms with Crippen molar-refractivity contribution < 1.29 is 4.92 Å². The number of nitrogens with zero attached hydrogens (tertiary/aromatic N) is 2. The van der Waals surface area contributed by atoms with Crippen LogP contribution in [0.15, 0.2) is 42.7 Å². The van der Waals surface area contributed by atoms with Gasteiger partial charge in [0.1, 0.15) is 5.69 Å². The number of halogens is 1. The maximum atomic E-state index is 11.0. The van der Waals surface area contributed by atoms with E-state index >= 15 is 0 Å². The molecule has 1 atom stereocenters. The van der Waals surface area contributed by atoms with Gasteiger partial charge in [0.25, 0.3) is 5.69 Å². The summed E-state index contributed by atoms with van der Waals surface area (Å²) in [6.07, 6.45) is 3.40. The zero-order valence-corrected chi connectivity index (χ0v) is 11.0. The smallest absolute Gasteiger partial charge is 0.293 e. The lowest BCUT2D eigenvalue weighted by molar-refractivity contribution is -0.384. The van der Waals surface area contributed by atoms with Crippen LogP contribution in [0.2, 0.25) is 5.02 Å². The normalized spacial score (nSPS) is 11.9. The van der Waals surface area contributed by atoms with E-state index in [1.54, 1.807) is 24.5 Å². The van der Waals surface area contributed by atoms with Gasteiger partial charge in [0.05, 0.1) is 11.0 Å². The second-order valence-electron chi connectivity index (χ2n) is 4.07. The summed E-state index contributed by atoms with van der Waals surface area (Å²) in [7, 11) is 0. The van der Waals surface area contributed by atoms with Crippen LogP contribution in [-0.4, -0.2) is 9.91 Å². The molecule has 0 saturated heterocycles. The van der Waals surface area contributed by atoms with Crippen LogP contribution >= 0.6 is 11.6 Å². The van der Waals surface area contributed by atoms with Crippen LogP contribution in [0, 0.1) is 10.1 Å². The van der Waals surface area contributed by atoms with E-state index in [1.165, 1.54) is 6.07 Å². The van der Waals surface area contributed by atoms with Crippen LogP contribution in [0.3, 0.4) is 0 Å². The maximum absolute atomic E-state index is 11.0. The van der Waals surface area contributed by atoms with Crippen LogP contribution in [0.25, 0.3) is 0 Å². The fourth-order valence-electron chi connectivity index (χ4n) is 1.73. The number of hydrogen-bond acceptors (Lipinski definition) is 4. The van der Waals surface area contributed by atoms with Gasteiger partial charge in [0, 0.05) is 23.5 Å². The lowest BCUT2D eigenvalue weighted by Crippen LogP contribution is -2.08. The van der Waals surface area contributed by atoms with E-state index in [9.17, 15) is 10.1 Å². The lowest BCUT2D eigenvalue weighted by Gasteiger charge is -2.15. The summed E-state index contributed by atoms with van der Waals surface area (Å²) in [6, 6.07) is 8.20. The summed E-state index contributed by atoms with van der Waals surface area (Å²) in [5.41, 5.74) is 1.35. The van der Waals surface area contributed by atoms with Gasteiger partial charge in [-0.25, -0.2) is 0 Å². The number of benzene rings is 1. The highest BCUT2D eigenvalue weighted by Gasteiger charge is 2.16. The Labute approximate surface area is 115 Å². The summed E-state index contributed by atoms with van der Waals surface area (Å²) in [5.74, 6) is 0. The number of aromatic nitrogens is 1. The van der Waals surface area contributed by atoms with Crippen molar-refractivity contribution in [1.82, 2.24) is 4.98 Å². The highest BCUT2D eigenvalue weighted by atomic mass is 35.5. The van der Waals surface area contributed by atoms with E-state index < -0.39 is 4.92 Å². The zero-order chi connectivity index (χ0) is 13.8. The first kappa shape index (κ1) is 13.3. The van der Waals surface area contributed by atoms with Gasteiger partial charge in [0.2, 0.25) is 0 Å². The van der Waals surface area contributed by atoms with Crippen molar-refractivity contribution >= 4 is 23.0 Å². The predicted molar refractivity (Wildman–Crippen MR) is 74.4 cm³/mol. The van der Waals surface area contributed by atoms with E-state index in [1.807, 2.05) is 19.1 Å². The lowest BCUT2D eigenvalue weighted by atomic mass is 10.1. The van der Waals surface area contributed by atoms with Crippen molar-refractivity contribution in [2.75, 3.05) is 5.32 Å². The molecule has 0 radical (unpaired) electrons. The Morgan fingerprint density at radius 2 is 2.21 bits per heavy atom. The highest BCUT2D eigenvalue weighted by molar-refractivity contribution is 6.30. The van der Waals surface area contributed by atoms with Crippen LogP contribution in [0.4, 0.5) is 11.4 Å².